The molecule has 0 bridgehead atoms. The van der Waals surface area contributed by atoms with E-state index in [1.54, 1.807) is 12.1 Å². The molecule has 7 heteroatoms. The third-order valence-electron chi connectivity index (χ3n) is 2.77. The zero-order valence-corrected chi connectivity index (χ0v) is 13.8. The molecule has 0 saturated heterocycles. The molecular formula is C14H21Cl2N3O2. The molecular weight excluding hydrogens is 313 g/mol. The maximum atomic E-state index is 11.9. The summed E-state index contributed by atoms with van der Waals surface area (Å²) in [4.78, 5) is 23.4. The molecule has 0 radical (unpaired) electrons. The molecule has 118 valence electrons. The second-order valence-electron chi connectivity index (χ2n) is 5.00. The SMILES string of the molecule is CNC(=O)c1ccc(NC(=O)[C@@H](N)CC(C)C)cc1Cl.Cl. The van der Waals surface area contributed by atoms with Crippen LogP contribution in [0.3, 0.4) is 0 Å². The van der Waals surface area contributed by atoms with Crippen molar-refractivity contribution >= 4 is 41.5 Å². The molecule has 0 fully saturated rings. The number of amides is 2. The number of rotatable bonds is 5. The van der Waals surface area contributed by atoms with Crippen LogP contribution in [0.2, 0.25) is 5.02 Å². The van der Waals surface area contributed by atoms with E-state index in [1.165, 1.54) is 13.1 Å². The molecule has 0 heterocycles. The van der Waals surface area contributed by atoms with Gasteiger partial charge in [0.1, 0.15) is 0 Å². The Kier molecular flexibility index (Phi) is 8.32. The first-order chi connectivity index (χ1) is 9.35. The smallest absolute Gasteiger partial charge is 0.252 e. The second kappa shape index (κ2) is 8.87. The molecule has 0 spiro atoms. The highest BCUT2D eigenvalue weighted by molar-refractivity contribution is 6.34. The lowest BCUT2D eigenvalue weighted by molar-refractivity contribution is -0.117. The first-order valence-electron chi connectivity index (χ1n) is 6.43. The lowest BCUT2D eigenvalue weighted by atomic mass is 10.0. The zero-order valence-electron chi connectivity index (χ0n) is 12.3. The van der Waals surface area contributed by atoms with Crippen molar-refractivity contribution < 1.29 is 9.59 Å². The Hall–Kier alpha value is -1.30. The summed E-state index contributed by atoms with van der Waals surface area (Å²) in [5, 5.41) is 5.46. The molecule has 0 unspecified atom stereocenters. The van der Waals surface area contributed by atoms with Gasteiger partial charge in [0.2, 0.25) is 5.91 Å². The molecule has 5 nitrogen and oxygen atoms in total. The first kappa shape index (κ1) is 19.7. The van der Waals surface area contributed by atoms with Crippen molar-refractivity contribution in [2.45, 2.75) is 26.3 Å². The third-order valence-corrected chi connectivity index (χ3v) is 3.08. The Bertz CT molecular complexity index is 507. The molecule has 1 aromatic carbocycles. The summed E-state index contributed by atoms with van der Waals surface area (Å²) in [5.74, 6) is -0.193. The summed E-state index contributed by atoms with van der Waals surface area (Å²) in [7, 11) is 1.53. The molecule has 0 aromatic heterocycles. The van der Waals surface area contributed by atoms with Gasteiger partial charge in [-0.2, -0.15) is 0 Å². The summed E-state index contributed by atoms with van der Waals surface area (Å²) in [5.41, 5.74) is 6.67. The van der Waals surface area contributed by atoms with E-state index in [9.17, 15) is 9.59 Å². The number of carbonyl (C=O) groups is 2. The van der Waals surface area contributed by atoms with Gasteiger partial charge in [0.05, 0.1) is 16.6 Å². The van der Waals surface area contributed by atoms with Crippen LogP contribution in [0, 0.1) is 5.92 Å². The van der Waals surface area contributed by atoms with Crippen molar-refractivity contribution in [1.29, 1.82) is 0 Å². The van der Waals surface area contributed by atoms with Gasteiger partial charge >= 0.3 is 0 Å². The molecule has 4 N–H and O–H groups in total. The predicted molar refractivity (Wildman–Crippen MR) is 88.2 cm³/mol. The summed E-state index contributed by atoms with van der Waals surface area (Å²) in [6, 6.07) is 4.15. The number of carbonyl (C=O) groups excluding carboxylic acids is 2. The number of halogens is 2. The number of nitrogens with two attached hydrogens (primary N) is 1. The molecule has 0 aliphatic heterocycles. The van der Waals surface area contributed by atoms with Crippen LogP contribution in [0.4, 0.5) is 5.69 Å². The van der Waals surface area contributed by atoms with Crippen LogP contribution in [-0.4, -0.2) is 24.9 Å². The van der Waals surface area contributed by atoms with Crippen molar-refractivity contribution in [1.82, 2.24) is 5.32 Å². The minimum absolute atomic E-state index is 0. The first-order valence-corrected chi connectivity index (χ1v) is 6.81. The molecule has 1 rings (SSSR count). The van der Waals surface area contributed by atoms with Gasteiger partial charge in [0.15, 0.2) is 0 Å². The molecule has 0 aliphatic carbocycles. The molecule has 2 amide bonds. The standard InChI is InChI=1S/C14H20ClN3O2.ClH/c1-8(2)6-12(16)14(20)18-9-4-5-10(11(15)7-9)13(19)17-3;/h4-5,7-8,12H,6,16H2,1-3H3,(H,17,19)(H,18,20);1H/t12-;/m0./s1. The average Bonchev–Trinajstić information content (AvgIpc) is 2.37. The fourth-order valence-corrected chi connectivity index (χ4v) is 2.03. The second-order valence-corrected chi connectivity index (χ2v) is 5.41. The van der Waals surface area contributed by atoms with Crippen molar-refractivity contribution in [3.05, 3.63) is 28.8 Å². The fraction of sp³-hybridized carbons (Fsp3) is 0.429. The number of hydrogen-bond donors (Lipinski definition) is 3. The molecule has 21 heavy (non-hydrogen) atoms. The van der Waals surface area contributed by atoms with E-state index in [-0.39, 0.29) is 29.2 Å². The Balaban J connectivity index is 0.00000400. The van der Waals surface area contributed by atoms with E-state index in [0.717, 1.165) is 0 Å². The van der Waals surface area contributed by atoms with Crippen molar-refractivity contribution in [2.24, 2.45) is 11.7 Å². The maximum Gasteiger partial charge on any atom is 0.252 e. The number of nitrogens with one attached hydrogen (secondary N) is 2. The molecule has 1 aromatic rings. The van der Waals surface area contributed by atoms with Gasteiger partial charge in [-0.15, -0.1) is 12.4 Å². The molecule has 0 saturated carbocycles. The van der Waals surface area contributed by atoms with E-state index in [4.69, 9.17) is 17.3 Å². The summed E-state index contributed by atoms with van der Waals surface area (Å²) in [6.07, 6.45) is 0.607. The van der Waals surface area contributed by atoms with Crippen LogP contribution in [0.25, 0.3) is 0 Å². The van der Waals surface area contributed by atoms with Gasteiger partial charge in [0, 0.05) is 12.7 Å². The average molecular weight is 334 g/mol. The summed E-state index contributed by atoms with van der Waals surface area (Å²) >= 11 is 6.01. The van der Waals surface area contributed by atoms with Gasteiger partial charge in [0.25, 0.3) is 5.91 Å². The normalized spacial score (nSPS) is 11.5. The maximum absolute atomic E-state index is 11.9. The summed E-state index contributed by atoms with van der Waals surface area (Å²) in [6.45, 7) is 4.00. The van der Waals surface area contributed by atoms with Gasteiger partial charge in [-0.05, 0) is 30.5 Å². The Morgan fingerprint density at radius 2 is 1.95 bits per heavy atom. The fourth-order valence-electron chi connectivity index (χ4n) is 1.76. The third kappa shape index (κ3) is 5.91. The number of hydrogen-bond acceptors (Lipinski definition) is 3. The minimum atomic E-state index is -0.563. The van der Waals surface area contributed by atoms with Crippen LogP contribution < -0.4 is 16.4 Å². The van der Waals surface area contributed by atoms with Crippen LogP contribution in [0.5, 0.6) is 0 Å². The van der Waals surface area contributed by atoms with E-state index >= 15 is 0 Å². The van der Waals surface area contributed by atoms with Gasteiger partial charge in [-0.3, -0.25) is 9.59 Å². The van der Waals surface area contributed by atoms with Crippen molar-refractivity contribution in [2.75, 3.05) is 12.4 Å². The van der Waals surface area contributed by atoms with Crippen LogP contribution in [0.1, 0.15) is 30.6 Å². The van der Waals surface area contributed by atoms with Crippen molar-refractivity contribution in [3.8, 4) is 0 Å². The van der Waals surface area contributed by atoms with E-state index in [0.29, 0.717) is 23.6 Å². The quantitative estimate of drug-likeness (QED) is 0.773. The van der Waals surface area contributed by atoms with Crippen LogP contribution in [0.15, 0.2) is 18.2 Å². The largest absolute Gasteiger partial charge is 0.355 e. The predicted octanol–water partition coefficient (Wildman–Crippen LogP) is 2.43. The monoisotopic (exact) mass is 333 g/mol. The number of anilines is 1. The van der Waals surface area contributed by atoms with Gasteiger partial charge < -0.3 is 16.4 Å². The van der Waals surface area contributed by atoms with E-state index in [2.05, 4.69) is 10.6 Å². The van der Waals surface area contributed by atoms with Gasteiger partial charge in [-0.1, -0.05) is 25.4 Å². The zero-order chi connectivity index (χ0) is 15.3. The molecule has 0 aliphatic rings. The number of benzene rings is 1. The highest BCUT2D eigenvalue weighted by atomic mass is 35.5. The Morgan fingerprint density at radius 3 is 2.43 bits per heavy atom. The van der Waals surface area contributed by atoms with Crippen molar-refractivity contribution in [3.63, 3.8) is 0 Å². The van der Waals surface area contributed by atoms with Crippen LogP contribution in [-0.2, 0) is 4.79 Å². The Labute approximate surface area is 136 Å². The highest BCUT2D eigenvalue weighted by Gasteiger charge is 2.16. The Morgan fingerprint density at radius 1 is 1.33 bits per heavy atom. The van der Waals surface area contributed by atoms with Crippen LogP contribution >= 0.6 is 24.0 Å². The lowest BCUT2D eigenvalue weighted by Crippen LogP contribution is -2.36. The highest BCUT2D eigenvalue weighted by Crippen LogP contribution is 2.21. The lowest BCUT2D eigenvalue weighted by Gasteiger charge is -2.14. The molecule has 1 atom stereocenters. The summed E-state index contributed by atoms with van der Waals surface area (Å²) < 4.78 is 0. The van der Waals surface area contributed by atoms with E-state index in [1.807, 2.05) is 13.8 Å². The topological polar surface area (TPSA) is 84.2 Å². The van der Waals surface area contributed by atoms with E-state index < -0.39 is 6.04 Å². The van der Waals surface area contributed by atoms with Gasteiger partial charge in [-0.25, -0.2) is 0 Å². The minimum Gasteiger partial charge on any atom is -0.355 e.